The Morgan fingerprint density at radius 3 is 2.23 bits per heavy atom. The fraction of sp³-hybridized carbons (Fsp3) is 0.600. The average molecular weight is 185 g/mol. The second-order valence-corrected chi connectivity index (χ2v) is 3.46. The van der Waals surface area contributed by atoms with E-state index in [1.165, 1.54) is 13.0 Å². The quantitative estimate of drug-likeness (QED) is 0.677. The molecule has 0 saturated heterocycles. The summed E-state index contributed by atoms with van der Waals surface area (Å²) in [5.74, 6) is -0.189. The van der Waals surface area contributed by atoms with Crippen LogP contribution in [-0.4, -0.2) is 17.2 Å². The zero-order valence-corrected chi connectivity index (χ0v) is 7.81. The molecule has 0 bridgehead atoms. The van der Waals surface area contributed by atoms with Crippen molar-refractivity contribution in [1.29, 1.82) is 0 Å². The number of carbonyl (C=O) groups is 2. The fourth-order valence-corrected chi connectivity index (χ4v) is 1.05. The van der Waals surface area contributed by atoms with Gasteiger partial charge < -0.3 is 5.32 Å². The van der Waals surface area contributed by atoms with E-state index in [0.717, 1.165) is 0 Å². The molecule has 1 amide bonds. The first-order chi connectivity index (χ1) is 5.37. The van der Waals surface area contributed by atoms with Crippen LogP contribution in [0.2, 0.25) is 0 Å². The van der Waals surface area contributed by atoms with E-state index in [1.54, 1.807) is 13.8 Å². The van der Waals surface area contributed by atoms with Gasteiger partial charge in [-0.2, -0.15) is 0 Å². The Morgan fingerprint density at radius 2 is 1.92 bits per heavy atom. The lowest BCUT2D eigenvalue weighted by Gasteiger charge is -2.23. The zero-order chi connectivity index (χ0) is 9.78. The third-order valence-electron chi connectivity index (χ3n) is 1.34. The predicted molar refractivity (Wildman–Crippen MR) is 54.4 cm³/mol. The zero-order valence-electron chi connectivity index (χ0n) is 7.81. The van der Waals surface area contributed by atoms with Crippen molar-refractivity contribution < 1.29 is 9.59 Å². The van der Waals surface area contributed by atoms with Crippen LogP contribution in [-0.2, 0) is 9.59 Å². The van der Waals surface area contributed by atoms with Gasteiger partial charge in [-0.1, -0.05) is 14.0 Å². The van der Waals surface area contributed by atoms with Crippen LogP contribution in [0, 0.1) is 0 Å². The molecule has 0 radical (unpaired) electrons. The molecule has 0 fully saturated rings. The number of carbonyl (C=O) groups excluding carboxylic acids is 2. The first-order valence-electron chi connectivity index (χ1n) is 3.81. The van der Waals surface area contributed by atoms with E-state index in [0.29, 0.717) is 6.42 Å². The molecular weight excluding hydrogens is 166 g/mol. The van der Waals surface area contributed by atoms with Crippen LogP contribution in [0.3, 0.4) is 0 Å². The standard InChI is InChI=1S/C9H15NO2.CH4/c1-5-8(12)10-9(3,4)6-7(2)11;/h5H,1,6H2,2-4H3,(H,10,12);1H4. The van der Waals surface area contributed by atoms with Gasteiger partial charge in [0.2, 0.25) is 5.91 Å². The molecule has 0 aromatic carbocycles. The summed E-state index contributed by atoms with van der Waals surface area (Å²) in [4.78, 5) is 21.6. The van der Waals surface area contributed by atoms with Gasteiger partial charge in [0.25, 0.3) is 0 Å². The largest absolute Gasteiger partial charge is 0.347 e. The molecule has 1 N–H and O–H groups in total. The van der Waals surface area contributed by atoms with Gasteiger partial charge in [0.15, 0.2) is 0 Å². The number of hydrogen-bond acceptors (Lipinski definition) is 2. The van der Waals surface area contributed by atoms with Crippen molar-refractivity contribution in [3.05, 3.63) is 12.7 Å². The minimum absolute atomic E-state index is 0. The van der Waals surface area contributed by atoms with Gasteiger partial charge in [-0.05, 0) is 26.8 Å². The first kappa shape index (κ1) is 14.4. The summed E-state index contributed by atoms with van der Waals surface area (Å²) in [6, 6.07) is 0. The van der Waals surface area contributed by atoms with Gasteiger partial charge >= 0.3 is 0 Å². The van der Waals surface area contributed by atoms with Crippen molar-refractivity contribution in [3.63, 3.8) is 0 Å². The Kier molecular flexibility index (Phi) is 6.11. The Hall–Kier alpha value is -1.12. The van der Waals surface area contributed by atoms with E-state index in [2.05, 4.69) is 11.9 Å². The third-order valence-corrected chi connectivity index (χ3v) is 1.34. The SMILES string of the molecule is C.C=CC(=O)NC(C)(C)CC(C)=O. The monoisotopic (exact) mass is 185 g/mol. The Balaban J connectivity index is 0. The highest BCUT2D eigenvalue weighted by molar-refractivity contribution is 5.88. The fourth-order valence-electron chi connectivity index (χ4n) is 1.05. The Morgan fingerprint density at radius 1 is 1.46 bits per heavy atom. The topological polar surface area (TPSA) is 46.2 Å². The van der Waals surface area contributed by atoms with E-state index < -0.39 is 5.54 Å². The maximum absolute atomic E-state index is 10.9. The molecule has 0 saturated carbocycles. The van der Waals surface area contributed by atoms with Crippen molar-refractivity contribution in [2.45, 2.75) is 40.2 Å². The number of amides is 1. The molecule has 0 unspecified atom stereocenters. The highest BCUT2D eigenvalue weighted by Gasteiger charge is 2.20. The van der Waals surface area contributed by atoms with Gasteiger partial charge in [-0.3, -0.25) is 9.59 Å². The molecule has 13 heavy (non-hydrogen) atoms. The summed E-state index contributed by atoms with van der Waals surface area (Å²) in [6.45, 7) is 8.43. The van der Waals surface area contributed by atoms with Gasteiger partial charge in [0.05, 0.1) is 0 Å². The van der Waals surface area contributed by atoms with Crippen molar-refractivity contribution >= 4 is 11.7 Å². The van der Waals surface area contributed by atoms with Gasteiger partial charge in [0.1, 0.15) is 5.78 Å². The summed E-state index contributed by atoms with van der Waals surface area (Å²) in [5, 5.41) is 2.66. The molecule has 0 aromatic rings. The lowest BCUT2D eigenvalue weighted by molar-refractivity contribution is -0.120. The second-order valence-electron chi connectivity index (χ2n) is 3.46. The third kappa shape index (κ3) is 7.25. The summed E-state index contributed by atoms with van der Waals surface area (Å²) in [7, 11) is 0. The lowest BCUT2D eigenvalue weighted by atomic mass is 9.98. The molecule has 0 aliphatic carbocycles. The molecule has 0 aliphatic rings. The molecule has 3 heteroatoms. The maximum Gasteiger partial charge on any atom is 0.243 e. The normalized spacial score (nSPS) is 9.77. The molecule has 0 atom stereocenters. The molecule has 0 heterocycles. The number of ketones is 1. The van der Waals surface area contributed by atoms with Crippen molar-refractivity contribution in [2.75, 3.05) is 0 Å². The van der Waals surface area contributed by atoms with Crippen LogP contribution in [0.5, 0.6) is 0 Å². The van der Waals surface area contributed by atoms with Crippen LogP contribution < -0.4 is 5.32 Å². The van der Waals surface area contributed by atoms with Crippen molar-refractivity contribution in [2.24, 2.45) is 0 Å². The molecule has 0 aromatic heterocycles. The Bertz CT molecular complexity index is 207. The molecule has 3 nitrogen and oxygen atoms in total. The van der Waals surface area contributed by atoms with E-state index in [9.17, 15) is 9.59 Å². The van der Waals surface area contributed by atoms with Crippen LogP contribution in [0.15, 0.2) is 12.7 Å². The molecule has 76 valence electrons. The molecule has 0 spiro atoms. The van der Waals surface area contributed by atoms with Gasteiger partial charge in [-0.25, -0.2) is 0 Å². The summed E-state index contributed by atoms with van der Waals surface area (Å²) in [5.41, 5.74) is -0.475. The van der Waals surface area contributed by atoms with E-state index in [1.807, 2.05) is 0 Å². The number of Topliss-reactive ketones (excluding diaryl/α,β-unsaturated/α-hetero) is 1. The molecule has 0 aliphatic heterocycles. The van der Waals surface area contributed by atoms with Crippen LogP contribution in [0.4, 0.5) is 0 Å². The summed E-state index contributed by atoms with van der Waals surface area (Å²) >= 11 is 0. The van der Waals surface area contributed by atoms with Gasteiger partial charge in [-0.15, -0.1) is 0 Å². The second kappa shape index (κ2) is 5.51. The molecular formula is C10H19NO2. The van der Waals surface area contributed by atoms with E-state index >= 15 is 0 Å². The minimum Gasteiger partial charge on any atom is -0.347 e. The van der Waals surface area contributed by atoms with E-state index in [-0.39, 0.29) is 19.1 Å². The van der Waals surface area contributed by atoms with Crippen molar-refractivity contribution in [3.8, 4) is 0 Å². The first-order valence-corrected chi connectivity index (χ1v) is 3.81. The van der Waals surface area contributed by atoms with Crippen LogP contribution in [0.1, 0.15) is 34.6 Å². The number of nitrogens with one attached hydrogen (secondary N) is 1. The number of hydrogen-bond donors (Lipinski definition) is 1. The van der Waals surface area contributed by atoms with E-state index in [4.69, 9.17) is 0 Å². The van der Waals surface area contributed by atoms with Crippen molar-refractivity contribution in [1.82, 2.24) is 5.32 Å². The number of rotatable bonds is 4. The minimum atomic E-state index is -0.475. The van der Waals surface area contributed by atoms with Crippen LogP contribution >= 0.6 is 0 Å². The van der Waals surface area contributed by atoms with Gasteiger partial charge in [0, 0.05) is 12.0 Å². The molecule has 0 rings (SSSR count). The smallest absolute Gasteiger partial charge is 0.243 e. The highest BCUT2D eigenvalue weighted by atomic mass is 16.1. The predicted octanol–water partition coefficient (Wildman–Crippen LogP) is 1.68. The van der Waals surface area contributed by atoms with Crippen LogP contribution in [0.25, 0.3) is 0 Å². The summed E-state index contributed by atoms with van der Waals surface area (Å²) in [6.07, 6.45) is 1.54. The average Bonchev–Trinajstić information content (AvgIpc) is 1.83. The summed E-state index contributed by atoms with van der Waals surface area (Å²) < 4.78 is 0. The maximum atomic E-state index is 10.9. The highest BCUT2D eigenvalue weighted by Crippen LogP contribution is 2.08. The Labute approximate surface area is 80.2 Å². The lowest BCUT2D eigenvalue weighted by Crippen LogP contribution is -2.43.